The van der Waals surface area contributed by atoms with Crippen molar-refractivity contribution in [2.75, 3.05) is 0 Å². The molecular formula is C24H14N4. The highest BCUT2D eigenvalue weighted by atomic mass is 15.1. The van der Waals surface area contributed by atoms with E-state index in [4.69, 9.17) is 4.98 Å². The minimum atomic E-state index is 0.775. The van der Waals surface area contributed by atoms with Crippen molar-refractivity contribution < 1.29 is 0 Å². The Morgan fingerprint density at radius 1 is 0.679 bits per heavy atom. The van der Waals surface area contributed by atoms with Gasteiger partial charge in [0.15, 0.2) is 5.65 Å². The number of imidazole rings is 1. The van der Waals surface area contributed by atoms with Gasteiger partial charge in [0.05, 0.1) is 16.6 Å². The molecule has 4 nitrogen and oxygen atoms in total. The number of hydrogen-bond acceptors (Lipinski definition) is 2. The molecule has 4 aromatic heterocycles. The van der Waals surface area contributed by atoms with E-state index in [2.05, 4.69) is 81.1 Å². The van der Waals surface area contributed by atoms with Crippen LogP contribution < -0.4 is 0 Å². The number of rotatable bonds is 0. The standard InChI is InChI=1S/C24H14N4/c1-3-8-18-14(6-1)15-11-12-17-21(22(15)26-18)16-7-2-4-9-19(16)28-20-10-5-13-25-23(20)27-24(17)28/h1-13,26H. The lowest BCUT2D eigenvalue weighted by molar-refractivity contribution is 1.32. The molecular weight excluding hydrogens is 344 g/mol. The largest absolute Gasteiger partial charge is 0.354 e. The first-order valence-electron chi connectivity index (χ1n) is 9.37. The van der Waals surface area contributed by atoms with Crippen LogP contribution in [0.2, 0.25) is 0 Å². The molecule has 0 unspecified atom stereocenters. The Labute approximate surface area is 159 Å². The van der Waals surface area contributed by atoms with Gasteiger partial charge in [-0.05, 0) is 30.3 Å². The molecule has 0 aliphatic carbocycles. The van der Waals surface area contributed by atoms with Crippen LogP contribution in [0.3, 0.4) is 0 Å². The van der Waals surface area contributed by atoms with Crippen LogP contribution in [-0.4, -0.2) is 19.4 Å². The zero-order valence-electron chi connectivity index (χ0n) is 14.8. The van der Waals surface area contributed by atoms with Crippen molar-refractivity contribution in [3.63, 3.8) is 0 Å². The summed E-state index contributed by atoms with van der Waals surface area (Å²) in [6.07, 6.45) is 1.80. The normalized spacial score (nSPS) is 12.3. The maximum Gasteiger partial charge on any atom is 0.178 e. The summed E-state index contributed by atoms with van der Waals surface area (Å²) in [5, 5.41) is 6.05. The zero-order valence-corrected chi connectivity index (χ0v) is 14.8. The van der Waals surface area contributed by atoms with E-state index < -0.39 is 0 Å². The molecule has 4 heteroatoms. The number of para-hydroxylation sites is 2. The fourth-order valence-electron chi connectivity index (χ4n) is 4.60. The van der Waals surface area contributed by atoms with Gasteiger partial charge in [0, 0.05) is 38.6 Å². The van der Waals surface area contributed by atoms with Crippen LogP contribution in [0.5, 0.6) is 0 Å². The van der Waals surface area contributed by atoms with E-state index in [0.29, 0.717) is 0 Å². The van der Waals surface area contributed by atoms with Crippen molar-refractivity contribution in [1.82, 2.24) is 19.4 Å². The van der Waals surface area contributed by atoms with E-state index in [9.17, 15) is 0 Å². The average Bonchev–Trinajstić information content (AvgIpc) is 3.32. The van der Waals surface area contributed by atoms with Gasteiger partial charge in [-0.15, -0.1) is 0 Å². The summed E-state index contributed by atoms with van der Waals surface area (Å²) in [7, 11) is 0. The van der Waals surface area contributed by atoms with E-state index in [0.717, 1.165) is 38.7 Å². The van der Waals surface area contributed by atoms with Gasteiger partial charge in [-0.1, -0.05) is 42.5 Å². The molecule has 0 aliphatic heterocycles. The van der Waals surface area contributed by atoms with Gasteiger partial charge in [0.2, 0.25) is 0 Å². The van der Waals surface area contributed by atoms with Crippen molar-refractivity contribution in [3.8, 4) is 0 Å². The summed E-state index contributed by atoms with van der Waals surface area (Å²) in [4.78, 5) is 13.0. The molecule has 3 aromatic carbocycles. The second-order valence-corrected chi connectivity index (χ2v) is 7.22. The number of aromatic amines is 1. The van der Waals surface area contributed by atoms with Crippen LogP contribution in [0, 0.1) is 0 Å². The highest BCUT2D eigenvalue weighted by molar-refractivity contribution is 6.26. The topological polar surface area (TPSA) is 46.0 Å². The van der Waals surface area contributed by atoms with Gasteiger partial charge in [-0.25, -0.2) is 9.97 Å². The molecule has 0 amide bonds. The summed E-state index contributed by atoms with van der Waals surface area (Å²) >= 11 is 0. The smallest absolute Gasteiger partial charge is 0.178 e. The van der Waals surface area contributed by atoms with Gasteiger partial charge in [0.1, 0.15) is 5.65 Å². The number of nitrogens with one attached hydrogen (secondary N) is 1. The highest BCUT2D eigenvalue weighted by Crippen LogP contribution is 2.38. The zero-order chi connectivity index (χ0) is 18.2. The minimum absolute atomic E-state index is 0.775. The number of hydrogen-bond donors (Lipinski definition) is 1. The molecule has 4 heterocycles. The molecule has 0 bridgehead atoms. The van der Waals surface area contributed by atoms with Crippen LogP contribution in [0.4, 0.5) is 0 Å². The minimum Gasteiger partial charge on any atom is -0.354 e. The van der Waals surface area contributed by atoms with Crippen LogP contribution in [-0.2, 0) is 0 Å². The first kappa shape index (κ1) is 14.2. The quantitative estimate of drug-likeness (QED) is 0.347. The van der Waals surface area contributed by atoms with Crippen molar-refractivity contribution in [2.45, 2.75) is 0 Å². The van der Waals surface area contributed by atoms with Crippen LogP contribution in [0.15, 0.2) is 79.0 Å². The SMILES string of the molecule is c1ccc2c(c1)[nH]c1c2ccc2c1c1ccccc1n1c3cccnc3nc21. The lowest BCUT2D eigenvalue weighted by Gasteiger charge is -2.09. The lowest BCUT2D eigenvalue weighted by Crippen LogP contribution is -1.92. The Morgan fingerprint density at radius 3 is 2.43 bits per heavy atom. The van der Waals surface area contributed by atoms with Gasteiger partial charge in [-0.2, -0.15) is 0 Å². The highest BCUT2D eigenvalue weighted by Gasteiger charge is 2.17. The van der Waals surface area contributed by atoms with E-state index in [-0.39, 0.29) is 0 Å². The number of benzene rings is 3. The monoisotopic (exact) mass is 358 g/mol. The number of pyridine rings is 2. The van der Waals surface area contributed by atoms with Crippen LogP contribution in [0.25, 0.3) is 60.3 Å². The first-order valence-corrected chi connectivity index (χ1v) is 9.37. The lowest BCUT2D eigenvalue weighted by atomic mass is 10.0. The van der Waals surface area contributed by atoms with E-state index in [1.54, 1.807) is 6.20 Å². The van der Waals surface area contributed by atoms with Gasteiger partial charge < -0.3 is 4.98 Å². The van der Waals surface area contributed by atoms with Crippen molar-refractivity contribution >= 4 is 60.3 Å². The van der Waals surface area contributed by atoms with Gasteiger partial charge >= 0.3 is 0 Å². The molecule has 0 radical (unpaired) electrons. The Kier molecular flexibility index (Phi) is 2.46. The van der Waals surface area contributed by atoms with Gasteiger partial charge in [-0.3, -0.25) is 4.40 Å². The summed E-state index contributed by atoms with van der Waals surface area (Å²) in [5.74, 6) is 0. The molecule has 0 fully saturated rings. The third-order valence-corrected chi connectivity index (χ3v) is 5.77. The maximum absolute atomic E-state index is 4.89. The molecule has 0 spiro atoms. The van der Waals surface area contributed by atoms with Crippen LogP contribution in [0.1, 0.15) is 0 Å². The van der Waals surface area contributed by atoms with Crippen molar-refractivity contribution in [3.05, 3.63) is 79.0 Å². The third kappa shape index (κ3) is 1.61. The summed E-state index contributed by atoms with van der Waals surface area (Å²) in [6, 6.07) is 25.5. The Bertz CT molecular complexity index is 1720. The molecule has 0 saturated heterocycles. The Hall–Kier alpha value is -3.92. The van der Waals surface area contributed by atoms with Crippen LogP contribution >= 0.6 is 0 Å². The molecule has 28 heavy (non-hydrogen) atoms. The van der Waals surface area contributed by atoms with E-state index in [1.807, 2.05) is 6.07 Å². The van der Waals surface area contributed by atoms with E-state index >= 15 is 0 Å². The summed E-state index contributed by atoms with van der Waals surface area (Å²) in [5.41, 5.74) is 6.22. The molecule has 0 atom stereocenters. The summed E-state index contributed by atoms with van der Waals surface area (Å²) in [6.45, 7) is 0. The number of nitrogens with zero attached hydrogens (tertiary/aromatic N) is 3. The number of H-pyrrole nitrogens is 1. The average molecular weight is 358 g/mol. The second kappa shape index (κ2) is 4.87. The first-order chi connectivity index (χ1) is 13.9. The molecule has 7 aromatic rings. The maximum atomic E-state index is 4.89. The van der Waals surface area contributed by atoms with Crippen molar-refractivity contribution in [1.29, 1.82) is 0 Å². The van der Waals surface area contributed by atoms with E-state index in [1.165, 1.54) is 21.5 Å². The Morgan fingerprint density at radius 2 is 1.46 bits per heavy atom. The third-order valence-electron chi connectivity index (χ3n) is 5.77. The predicted molar refractivity (Wildman–Crippen MR) is 115 cm³/mol. The fraction of sp³-hybridized carbons (Fsp3) is 0. The molecule has 0 saturated carbocycles. The Balaban J connectivity index is 1.87. The molecule has 1 N–H and O–H groups in total. The predicted octanol–water partition coefficient (Wildman–Crippen LogP) is 5.82. The number of fused-ring (bicyclic) bond motifs is 12. The second-order valence-electron chi connectivity index (χ2n) is 7.22. The number of aromatic nitrogens is 4. The molecule has 7 rings (SSSR count). The van der Waals surface area contributed by atoms with Crippen molar-refractivity contribution in [2.24, 2.45) is 0 Å². The molecule has 0 aliphatic rings. The summed E-state index contributed by atoms with van der Waals surface area (Å²) < 4.78 is 2.23. The van der Waals surface area contributed by atoms with Gasteiger partial charge in [0.25, 0.3) is 0 Å². The fourth-order valence-corrected chi connectivity index (χ4v) is 4.60. The molecule has 130 valence electrons.